The fourth-order valence-electron chi connectivity index (χ4n) is 1.60. The maximum atomic E-state index is 8.48. The first-order valence-electron chi connectivity index (χ1n) is 5.44. The topological polar surface area (TPSA) is 90.0 Å². The number of hydrogen-bond acceptors (Lipinski definition) is 5. The van der Waals surface area contributed by atoms with Gasteiger partial charge in [-0.25, -0.2) is 4.98 Å². The van der Waals surface area contributed by atoms with Gasteiger partial charge in [0, 0.05) is 12.5 Å². The van der Waals surface area contributed by atoms with Crippen molar-refractivity contribution in [2.45, 2.75) is 6.42 Å². The Morgan fingerprint density at radius 3 is 3.12 bits per heavy atom. The van der Waals surface area contributed by atoms with Crippen LogP contribution in [0.4, 0.5) is 0 Å². The first-order chi connectivity index (χ1) is 8.29. The van der Waals surface area contributed by atoms with Crippen LogP contribution in [0.5, 0.6) is 5.75 Å². The van der Waals surface area contributed by atoms with Gasteiger partial charge in [-0.2, -0.15) is 0 Å². The van der Waals surface area contributed by atoms with Gasteiger partial charge in [0.05, 0.1) is 19.4 Å². The molecule has 2 heterocycles. The number of oxime groups is 1. The summed E-state index contributed by atoms with van der Waals surface area (Å²) in [5, 5.41) is 11.4. The van der Waals surface area contributed by atoms with Gasteiger partial charge in [0.15, 0.2) is 5.84 Å². The summed E-state index contributed by atoms with van der Waals surface area (Å²) in [5.74, 6) is 1.12. The third-order valence-electron chi connectivity index (χ3n) is 2.62. The highest BCUT2D eigenvalue weighted by Gasteiger charge is 2.16. The second kappa shape index (κ2) is 5.49. The summed E-state index contributed by atoms with van der Waals surface area (Å²) in [7, 11) is 0. The van der Waals surface area contributed by atoms with E-state index in [1.54, 1.807) is 18.3 Å². The summed E-state index contributed by atoms with van der Waals surface area (Å²) in [6, 6.07) is 3.39. The molecule has 3 N–H and O–H groups in total. The Morgan fingerprint density at radius 1 is 1.65 bits per heavy atom. The molecular formula is C11H15N3O3. The molecule has 6 heteroatoms. The van der Waals surface area contributed by atoms with E-state index >= 15 is 0 Å². The van der Waals surface area contributed by atoms with Crippen LogP contribution in [0.15, 0.2) is 23.5 Å². The van der Waals surface area contributed by atoms with Crippen LogP contribution in [0.2, 0.25) is 0 Å². The molecule has 0 saturated carbocycles. The zero-order valence-electron chi connectivity index (χ0n) is 9.37. The fraction of sp³-hybridized carbons (Fsp3) is 0.455. The molecule has 0 bridgehead atoms. The van der Waals surface area contributed by atoms with Crippen LogP contribution in [0.3, 0.4) is 0 Å². The number of nitrogens with two attached hydrogens (primary N) is 1. The first kappa shape index (κ1) is 11.7. The number of amidine groups is 1. The minimum absolute atomic E-state index is 0.0132. The van der Waals surface area contributed by atoms with Gasteiger partial charge in [-0.3, -0.25) is 0 Å². The van der Waals surface area contributed by atoms with E-state index in [9.17, 15) is 0 Å². The second-order valence-corrected chi connectivity index (χ2v) is 3.91. The fourth-order valence-corrected chi connectivity index (χ4v) is 1.60. The number of nitrogens with zero attached hydrogens (tertiary/aromatic N) is 2. The average molecular weight is 237 g/mol. The Labute approximate surface area is 99.0 Å². The lowest BCUT2D eigenvalue weighted by molar-refractivity contribution is 0.167. The highest BCUT2D eigenvalue weighted by Crippen LogP contribution is 2.15. The van der Waals surface area contributed by atoms with Gasteiger partial charge in [0.1, 0.15) is 11.4 Å². The molecule has 1 atom stereocenters. The van der Waals surface area contributed by atoms with Crippen molar-refractivity contribution in [2.24, 2.45) is 16.8 Å². The lowest BCUT2D eigenvalue weighted by Crippen LogP contribution is -2.15. The van der Waals surface area contributed by atoms with Crippen LogP contribution >= 0.6 is 0 Å². The van der Waals surface area contributed by atoms with Gasteiger partial charge >= 0.3 is 0 Å². The summed E-state index contributed by atoms with van der Waals surface area (Å²) >= 11 is 0. The predicted octanol–water partition coefficient (Wildman–Crippen LogP) is 0.591. The Balaban J connectivity index is 1.89. The molecule has 92 valence electrons. The number of aromatic nitrogens is 1. The van der Waals surface area contributed by atoms with Crippen molar-refractivity contribution >= 4 is 5.84 Å². The molecule has 0 amide bonds. The van der Waals surface area contributed by atoms with Crippen molar-refractivity contribution < 1.29 is 14.7 Å². The van der Waals surface area contributed by atoms with Crippen molar-refractivity contribution in [3.05, 3.63) is 24.0 Å². The van der Waals surface area contributed by atoms with Gasteiger partial charge in [0.2, 0.25) is 0 Å². The maximum absolute atomic E-state index is 8.48. The Hall–Kier alpha value is -1.82. The number of rotatable bonds is 4. The molecular weight excluding hydrogens is 222 g/mol. The van der Waals surface area contributed by atoms with Gasteiger partial charge in [0.25, 0.3) is 0 Å². The third kappa shape index (κ3) is 3.07. The molecule has 0 aromatic carbocycles. The molecule has 1 unspecified atom stereocenters. The van der Waals surface area contributed by atoms with Crippen molar-refractivity contribution in [2.75, 3.05) is 19.8 Å². The van der Waals surface area contributed by atoms with E-state index in [0.29, 0.717) is 24.0 Å². The van der Waals surface area contributed by atoms with E-state index in [2.05, 4.69) is 10.1 Å². The molecule has 0 aliphatic carbocycles. The number of ether oxygens (including phenoxy) is 2. The second-order valence-electron chi connectivity index (χ2n) is 3.91. The molecule has 0 spiro atoms. The molecule has 6 nitrogen and oxygen atoms in total. The third-order valence-corrected chi connectivity index (χ3v) is 2.62. The Kier molecular flexibility index (Phi) is 3.77. The highest BCUT2D eigenvalue weighted by molar-refractivity contribution is 5.95. The maximum Gasteiger partial charge on any atom is 0.188 e. The van der Waals surface area contributed by atoms with Crippen LogP contribution in [0, 0.1) is 5.92 Å². The Morgan fingerprint density at radius 2 is 2.53 bits per heavy atom. The van der Waals surface area contributed by atoms with Crippen molar-refractivity contribution in [1.29, 1.82) is 0 Å². The van der Waals surface area contributed by atoms with Crippen molar-refractivity contribution in [3.63, 3.8) is 0 Å². The number of hydrogen-bond donors (Lipinski definition) is 2. The van der Waals surface area contributed by atoms with E-state index in [4.69, 9.17) is 20.4 Å². The zero-order chi connectivity index (χ0) is 12.1. The molecule has 1 aromatic heterocycles. The van der Waals surface area contributed by atoms with Crippen LogP contribution in [-0.2, 0) is 4.74 Å². The largest absolute Gasteiger partial charge is 0.492 e. The van der Waals surface area contributed by atoms with Crippen LogP contribution < -0.4 is 10.5 Å². The van der Waals surface area contributed by atoms with E-state index in [-0.39, 0.29) is 5.84 Å². The molecule has 0 radical (unpaired) electrons. The standard InChI is InChI=1S/C11H15N3O3/c12-11(14-15)10-2-1-9(5-13-10)17-7-8-3-4-16-6-8/h1-2,5,8,15H,3-4,6-7H2,(H2,12,14). The zero-order valence-corrected chi connectivity index (χ0v) is 9.37. The van der Waals surface area contributed by atoms with Crippen LogP contribution in [-0.4, -0.2) is 35.8 Å². The van der Waals surface area contributed by atoms with Gasteiger partial charge in [-0.15, -0.1) is 0 Å². The smallest absolute Gasteiger partial charge is 0.188 e. The monoisotopic (exact) mass is 237 g/mol. The predicted molar refractivity (Wildman–Crippen MR) is 61.2 cm³/mol. The normalized spacial score (nSPS) is 20.5. The van der Waals surface area contributed by atoms with Gasteiger partial charge in [-0.05, 0) is 18.6 Å². The minimum atomic E-state index is -0.0132. The SMILES string of the molecule is N/C(=N/O)c1ccc(OCC2CCOC2)cn1. The summed E-state index contributed by atoms with van der Waals surface area (Å²) in [4.78, 5) is 4.02. The van der Waals surface area contributed by atoms with Crippen LogP contribution in [0.25, 0.3) is 0 Å². The molecule has 1 fully saturated rings. The molecule has 17 heavy (non-hydrogen) atoms. The van der Waals surface area contributed by atoms with Gasteiger partial charge < -0.3 is 20.4 Å². The summed E-state index contributed by atoms with van der Waals surface area (Å²) in [6.45, 7) is 2.20. The van der Waals surface area contributed by atoms with Crippen molar-refractivity contribution in [1.82, 2.24) is 4.98 Å². The lowest BCUT2D eigenvalue weighted by Gasteiger charge is -2.10. The molecule has 1 aliphatic rings. The highest BCUT2D eigenvalue weighted by atomic mass is 16.5. The molecule has 2 rings (SSSR count). The van der Waals surface area contributed by atoms with Gasteiger partial charge in [-0.1, -0.05) is 5.16 Å². The summed E-state index contributed by atoms with van der Waals surface area (Å²) < 4.78 is 10.8. The number of pyridine rings is 1. The quantitative estimate of drug-likeness (QED) is 0.346. The average Bonchev–Trinajstić information content (AvgIpc) is 2.89. The molecule has 1 saturated heterocycles. The summed E-state index contributed by atoms with van der Waals surface area (Å²) in [6.07, 6.45) is 2.60. The molecule has 1 aromatic rings. The lowest BCUT2D eigenvalue weighted by atomic mass is 10.1. The minimum Gasteiger partial charge on any atom is -0.492 e. The van der Waals surface area contributed by atoms with Crippen LogP contribution in [0.1, 0.15) is 12.1 Å². The van der Waals surface area contributed by atoms with E-state index in [1.165, 1.54) is 0 Å². The molecule has 1 aliphatic heterocycles. The van der Waals surface area contributed by atoms with E-state index in [1.807, 2.05) is 0 Å². The Bertz CT molecular complexity index is 385. The van der Waals surface area contributed by atoms with E-state index in [0.717, 1.165) is 19.6 Å². The van der Waals surface area contributed by atoms with Crippen molar-refractivity contribution in [3.8, 4) is 5.75 Å². The van der Waals surface area contributed by atoms with E-state index < -0.39 is 0 Å². The summed E-state index contributed by atoms with van der Waals surface area (Å²) in [5.41, 5.74) is 5.82. The first-order valence-corrected chi connectivity index (χ1v) is 5.44.